The molecular weight excluding hydrogens is 332 g/mol. The minimum atomic E-state index is -0.699. The summed E-state index contributed by atoms with van der Waals surface area (Å²) in [4.78, 5) is 13.5. The van der Waals surface area contributed by atoms with Crippen LogP contribution in [-0.2, 0) is 11.3 Å². The van der Waals surface area contributed by atoms with Crippen molar-refractivity contribution in [2.24, 2.45) is 5.92 Å². The van der Waals surface area contributed by atoms with E-state index in [0.29, 0.717) is 13.0 Å². The van der Waals surface area contributed by atoms with Gasteiger partial charge in [0, 0.05) is 23.6 Å². The number of nitrogens with zero attached hydrogens (tertiary/aromatic N) is 1. The molecule has 2 N–H and O–H groups in total. The number of nitrogens with one attached hydrogen (secondary N) is 1. The lowest BCUT2D eigenvalue weighted by Crippen LogP contribution is -2.19. The first-order valence-electron chi connectivity index (χ1n) is 7.60. The van der Waals surface area contributed by atoms with Gasteiger partial charge < -0.3 is 10.4 Å². The second-order valence-electron chi connectivity index (χ2n) is 6.07. The van der Waals surface area contributed by atoms with Gasteiger partial charge in [0.05, 0.1) is 5.92 Å². The highest BCUT2D eigenvalue weighted by atomic mass is 79.9. The van der Waals surface area contributed by atoms with Crippen LogP contribution in [0.25, 0.3) is 0 Å². The van der Waals surface area contributed by atoms with E-state index in [9.17, 15) is 4.79 Å². The first-order valence-corrected chi connectivity index (χ1v) is 8.39. The van der Waals surface area contributed by atoms with Crippen LogP contribution in [0.3, 0.4) is 0 Å². The van der Waals surface area contributed by atoms with Crippen LogP contribution in [0.2, 0.25) is 0 Å². The Kier molecular flexibility index (Phi) is 4.62. The molecule has 2 aliphatic heterocycles. The molecule has 1 aromatic carbocycles. The molecular formula is C16H21BrN2O2. The maximum Gasteiger partial charge on any atom is 0.307 e. The number of likely N-dealkylation sites (tertiary alicyclic amines) is 1. The first-order chi connectivity index (χ1) is 10.1. The molecule has 0 aromatic heterocycles. The lowest BCUT2D eigenvalue weighted by atomic mass is 9.99. The van der Waals surface area contributed by atoms with Crippen molar-refractivity contribution in [3.05, 3.63) is 33.8 Å². The SMILES string of the molecule is O=C(O)C1CNC(c2ccc(CN3CCCC3)c(Br)c2)C1. The summed E-state index contributed by atoms with van der Waals surface area (Å²) in [6.07, 6.45) is 3.28. The molecule has 4 nitrogen and oxygen atoms in total. The average Bonchev–Trinajstić information content (AvgIpc) is 3.12. The van der Waals surface area contributed by atoms with Crippen LogP contribution in [0.4, 0.5) is 0 Å². The normalized spacial score (nSPS) is 26.3. The molecule has 0 spiro atoms. The van der Waals surface area contributed by atoms with Gasteiger partial charge in [0.25, 0.3) is 0 Å². The Morgan fingerprint density at radius 1 is 1.38 bits per heavy atom. The minimum absolute atomic E-state index is 0.156. The number of benzene rings is 1. The third-order valence-corrected chi connectivity index (χ3v) is 5.29. The number of hydrogen-bond donors (Lipinski definition) is 2. The zero-order valence-electron chi connectivity index (χ0n) is 12.0. The molecule has 2 heterocycles. The van der Waals surface area contributed by atoms with E-state index in [1.807, 2.05) is 0 Å². The van der Waals surface area contributed by atoms with Crippen LogP contribution in [0.15, 0.2) is 22.7 Å². The monoisotopic (exact) mass is 352 g/mol. The van der Waals surface area contributed by atoms with Gasteiger partial charge in [0.15, 0.2) is 0 Å². The third kappa shape index (κ3) is 3.47. The molecule has 2 atom stereocenters. The van der Waals surface area contributed by atoms with Crippen molar-refractivity contribution in [2.45, 2.75) is 31.8 Å². The van der Waals surface area contributed by atoms with E-state index >= 15 is 0 Å². The number of carboxylic acids is 1. The van der Waals surface area contributed by atoms with Gasteiger partial charge in [0.2, 0.25) is 0 Å². The van der Waals surface area contributed by atoms with E-state index in [1.54, 1.807) is 0 Å². The number of hydrogen-bond acceptors (Lipinski definition) is 3. The fourth-order valence-electron chi connectivity index (χ4n) is 3.27. The fourth-order valence-corrected chi connectivity index (χ4v) is 3.79. The van der Waals surface area contributed by atoms with Gasteiger partial charge in [-0.25, -0.2) is 0 Å². The number of aliphatic carboxylic acids is 1. The van der Waals surface area contributed by atoms with Crippen molar-refractivity contribution in [3.63, 3.8) is 0 Å². The predicted octanol–water partition coefficient (Wildman–Crippen LogP) is 2.78. The Morgan fingerprint density at radius 3 is 2.76 bits per heavy atom. The van der Waals surface area contributed by atoms with E-state index in [0.717, 1.165) is 11.0 Å². The smallest absolute Gasteiger partial charge is 0.307 e. The second kappa shape index (κ2) is 6.46. The highest BCUT2D eigenvalue weighted by Gasteiger charge is 2.30. The molecule has 0 saturated carbocycles. The number of rotatable bonds is 4. The summed E-state index contributed by atoms with van der Waals surface area (Å²) >= 11 is 3.67. The Hall–Kier alpha value is -0.910. The van der Waals surface area contributed by atoms with Crippen LogP contribution >= 0.6 is 15.9 Å². The molecule has 3 rings (SSSR count). The van der Waals surface area contributed by atoms with Gasteiger partial charge in [-0.2, -0.15) is 0 Å². The average molecular weight is 353 g/mol. The molecule has 2 aliphatic rings. The Bertz CT molecular complexity index is 529. The molecule has 21 heavy (non-hydrogen) atoms. The van der Waals surface area contributed by atoms with E-state index in [1.165, 1.54) is 37.1 Å². The summed E-state index contributed by atoms with van der Waals surface area (Å²) in [6.45, 7) is 3.95. The van der Waals surface area contributed by atoms with Crippen LogP contribution < -0.4 is 5.32 Å². The predicted molar refractivity (Wildman–Crippen MR) is 85.1 cm³/mol. The van der Waals surface area contributed by atoms with Crippen LogP contribution in [0.5, 0.6) is 0 Å². The second-order valence-corrected chi connectivity index (χ2v) is 6.92. The molecule has 2 fully saturated rings. The summed E-state index contributed by atoms with van der Waals surface area (Å²) < 4.78 is 1.13. The van der Waals surface area contributed by atoms with Crippen LogP contribution in [0, 0.1) is 5.92 Å². The van der Waals surface area contributed by atoms with Gasteiger partial charge in [-0.1, -0.05) is 28.1 Å². The molecule has 0 aliphatic carbocycles. The zero-order chi connectivity index (χ0) is 14.8. The van der Waals surface area contributed by atoms with Crippen molar-refractivity contribution < 1.29 is 9.90 Å². The summed E-state index contributed by atoms with van der Waals surface area (Å²) in [5.41, 5.74) is 2.49. The lowest BCUT2D eigenvalue weighted by Gasteiger charge is -2.17. The van der Waals surface area contributed by atoms with Crippen molar-refractivity contribution >= 4 is 21.9 Å². The van der Waals surface area contributed by atoms with Crippen molar-refractivity contribution in [3.8, 4) is 0 Å². The van der Waals surface area contributed by atoms with Crippen molar-refractivity contribution in [2.75, 3.05) is 19.6 Å². The molecule has 1 aromatic rings. The highest BCUT2D eigenvalue weighted by molar-refractivity contribution is 9.10. The van der Waals surface area contributed by atoms with Crippen LogP contribution in [0.1, 0.15) is 36.4 Å². The summed E-state index contributed by atoms with van der Waals surface area (Å²) in [5, 5.41) is 12.4. The molecule has 114 valence electrons. The standard InChI is InChI=1S/C16H21BrN2O2/c17-14-7-11(15-8-13(9-18-15)16(20)21)3-4-12(14)10-19-5-1-2-6-19/h3-4,7,13,15,18H,1-2,5-6,8-10H2,(H,20,21). The Labute approximate surface area is 133 Å². The largest absolute Gasteiger partial charge is 0.481 e. The Morgan fingerprint density at radius 2 is 2.14 bits per heavy atom. The quantitative estimate of drug-likeness (QED) is 0.874. The third-order valence-electron chi connectivity index (χ3n) is 4.55. The van der Waals surface area contributed by atoms with E-state index < -0.39 is 5.97 Å². The minimum Gasteiger partial charge on any atom is -0.481 e. The summed E-state index contributed by atoms with van der Waals surface area (Å²) in [7, 11) is 0. The van der Waals surface area contributed by atoms with Crippen molar-refractivity contribution in [1.29, 1.82) is 0 Å². The highest BCUT2D eigenvalue weighted by Crippen LogP contribution is 2.31. The molecule has 2 saturated heterocycles. The maximum absolute atomic E-state index is 11.0. The molecule has 0 radical (unpaired) electrons. The lowest BCUT2D eigenvalue weighted by molar-refractivity contribution is -0.141. The summed E-state index contributed by atoms with van der Waals surface area (Å²) in [6, 6.07) is 6.61. The van der Waals surface area contributed by atoms with Gasteiger partial charge in [-0.3, -0.25) is 9.69 Å². The van der Waals surface area contributed by atoms with E-state index in [-0.39, 0.29) is 12.0 Å². The number of halogens is 1. The first kappa shape index (κ1) is 15.0. The molecule has 0 amide bonds. The summed E-state index contributed by atoms with van der Waals surface area (Å²) in [5.74, 6) is -0.965. The van der Waals surface area contributed by atoms with E-state index in [2.05, 4.69) is 44.3 Å². The van der Waals surface area contributed by atoms with Crippen LogP contribution in [-0.4, -0.2) is 35.6 Å². The number of carbonyl (C=O) groups is 1. The van der Waals surface area contributed by atoms with Gasteiger partial charge in [-0.15, -0.1) is 0 Å². The van der Waals surface area contributed by atoms with Gasteiger partial charge >= 0.3 is 5.97 Å². The van der Waals surface area contributed by atoms with Gasteiger partial charge in [0.1, 0.15) is 0 Å². The zero-order valence-corrected chi connectivity index (χ0v) is 13.6. The maximum atomic E-state index is 11.0. The van der Waals surface area contributed by atoms with Crippen molar-refractivity contribution in [1.82, 2.24) is 10.2 Å². The van der Waals surface area contributed by atoms with E-state index in [4.69, 9.17) is 5.11 Å². The fraction of sp³-hybridized carbons (Fsp3) is 0.562. The topological polar surface area (TPSA) is 52.6 Å². The molecule has 5 heteroatoms. The number of carboxylic acid groups (broad SMARTS) is 1. The Balaban J connectivity index is 1.68. The van der Waals surface area contributed by atoms with Gasteiger partial charge in [-0.05, 0) is 49.5 Å². The molecule has 0 bridgehead atoms. The molecule has 2 unspecified atom stereocenters.